The number of hydrogen-bond acceptors (Lipinski definition) is 3. The van der Waals surface area contributed by atoms with E-state index >= 15 is 0 Å². The van der Waals surface area contributed by atoms with Gasteiger partial charge in [0.25, 0.3) is 0 Å². The summed E-state index contributed by atoms with van der Waals surface area (Å²) in [6.07, 6.45) is 5.55. The van der Waals surface area contributed by atoms with Crippen LogP contribution in [0.2, 0.25) is 0 Å². The normalized spacial score (nSPS) is 18.4. The van der Waals surface area contributed by atoms with Crippen molar-refractivity contribution in [1.82, 2.24) is 15.1 Å². The molecule has 0 radical (unpaired) electrons. The minimum absolute atomic E-state index is 0. The molecule has 5 nitrogen and oxygen atoms in total. The first-order valence-corrected chi connectivity index (χ1v) is 8.93. The summed E-state index contributed by atoms with van der Waals surface area (Å²) in [5.74, 6) is 1.14. The van der Waals surface area contributed by atoms with Crippen LogP contribution in [-0.4, -0.2) is 60.4 Å². The van der Waals surface area contributed by atoms with Crippen LogP contribution < -0.4 is 5.32 Å². The highest BCUT2D eigenvalue weighted by atomic mass is 35.5. The molecule has 2 aliphatic rings. The van der Waals surface area contributed by atoms with Gasteiger partial charge in [-0.05, 0) is 52.0 Å². The highest BCUT2D eigenvalue weighted by molar-refractivity contribution is 5.85. The van der Waals surface area contributed by atoms with E-state index in [1.807, 2.05) is 18.7 Å². The number of piperidine rings is 1. The van der Waals surface area contributed by atoms with E-state index in [-0.39, 0.29) is 24.2 Å². The van der Waals surface area contributed by atoms with Crippen molar-refractivity contribution in [1.29, 1.82) is 0 Å². The summed E-state index contributed by atoms with van der Waals surface area (Å²) in [4.78, 5) is 27.9. The molecule has 1 heterocycles. The Labute approximate surface area is 146 Å². The summed E-state index contributed by atoms with van der Waals surface area (Å²) < 4.78 is 0. The maximum atomic E-state index is 12.2. The number of halogens is 1. The number of rotatable bonds is 8. The van der Waals surface area contributed by atoms with E-state index in [0.717, 1.165) is 51.5 Å². The lowest BCUT2D eigenvalue weighted by molar-refractivity contribution is -0.137. The molecule has 1 saturated heterocycles. The van der Waals surface area contributed by atoms with Gasteiger partial charge in [0, 0.05) is 45.1 Å². The van der Waals surface area contributed by atoms with Gasteiger partial charge in [-0.15, -0.1) is 12.4 Å². The highest BCUT2D eigenvalue weighted by Crippen LogP contribution is 2.28. The van der Waals surface area contributed by atoms with Gasteiger partial charge in [-0.2, -0.15) is 0 Å². The SMILES string of the molecule is CCN(CC)C(=O)CCC(=O)N1CCC(NCC2CC2)CC1.Cl. The summed E-state index contributed by atoms with van der Waals surface area (Å²) in [6, 6.07) is 0.571. The Hall–Kier alpha value is -0.810. The zero-order valence-electron chi connectivity index (χ0n) is 14.6. The number of likely N-dealkylation sites (tertiary alicyclic amines) is 1. The molecule has 1 N–H and O–H groups in total. The van der Waals surface area contributed by atoms with Gasteiger partial charge in [0.1, 0.15) is 0 Å². The van der Waals surface area contributed by atoms with Crippen LogP contribution in [0.4, 0.5) is 0 Å². The van der Waals surface area contributed by atoms with Gasteiger partial charge in [0.15, 0.2) is 0 Å². The number of hydrogen-bond donors (Lipinski definition) is 1. The quantitative estimate of drug-likeness (QED) is 0.732. The molecule has 2 fully saturated rings. The molecule has 0 aromatic heterocycles. The first kappa shape index (κ1) is 20.2. The van der Waals surface area contributed by atoms with Crippen molar-refractivity contribution in [3.8, 4) is 0 Å². The van der Waals surface area contributed by atoms with Crippen LogP contribution in [0, 0.1) is 5.92 Å². The fourth-order valence-corrected chi connectivity index (χ4v) is 3.09. The molecule has 23 heavy (non-hydrogen) atoms. The lowest BCUT2D eigenvalue weighted by Gasteiger charge is -2.32. The molecule has 0 aromatic rings. The Morgan fingerprint density at radius 3 is 2.17 bits per heavy atom. The number of carbonyl (C=O) groups excluding carboxylic acids is 2. The predicted molar refractivity (Wildman–Crippen MR) is 94.7 cm³/mol. The van der Waals surface area contributed by atoms with Crippen LogP contribution in [0.5, 0.6) is 0 Å². The van der Waals surface area contributed by atoms with Crippen LogP contribution in [0.25, 0.3) is 0 Å². The van der Waals surface area contributed by atoms with Gasteiger partial charge in [0.2, 0.25) is 11.8 Å². The fraction of sp³-hybridized carbons (Fsp3) is 0.882. The molecule has 0 aromatic carbocycles. The van der Waals surface area contributed by atoms with Gasteiger partial charge >= 0.3 is 0 Å². The van der Waals surface area contributed by atoms with Crippen LogP contribution in [-0.2, 0) is 9.59 Å². The van der Waals surface area contributed by atoms with E-state index in [1.165, 1.54) is 12.8 Å². The molecule has 1 saturated carbocycles. The maximum absolute atomic E-state index is 12.2. The van der Waals surface area contributed by atoms with E-state index in [9.17, 15) is 9.59 Å². The van der Waals surface area contributed by atoms with Crippen LogP contribution >= 0.6 is 12.4 Å². The summed E-state index contributed by atoms with van der Waals surface area (Å²) in [5.41, 5.74) is 0. The first-order valence-electron chi connectivity index (χ1n) is 8.93. The second-order valence-electron chi connectivity index (χ2n) is 6.57. The van der Waals surface area contributed by atoms with Gasteiger partial charge in [-0.25, -0.2) is 0 Å². The third kappa shape index (κ3) is 6.68. The Bertz CT molecular complexity index is 376. The summed E-state index contributed by atoms with van der Waals surface area (Å²) in [5, 5.41) is 3.62. The topological polar surface area (TPSA) is 52.7 Å². The van der Waals surface area contributed by atoms with E-state index in [4.69, 9.17) is 0 Å². The Kier molecular flexibility index (Phi) is 8.92. The zero-order valence-corrected chi connectivity index (χ0v) is 15.4. The van der Waals surface area contributed by atoms with E-state index in [1.54, 1.807) is 4.90 Å². The molecular formula is C17H32ClN3O2. The van der Waals surface area contributed by atoms with Crippen LogP contribution in [0.3, 0.4) is 0 Å². The van der Waals surface area contributed by atoms with Crippen molar-refractivity contribution in [2.24, 2.45) is 5.92 Å². The van der Waals surface area contributed by atoms with Crippen molar-refractivity contribution >= 4 is 24.2 Å². The highest BCUT2D eigenvalue weighted by Gasteiger charge is 2.26. The average molecular weight is 346 g/mol. The number of carbonyl (C=O) groups is 2. The molecule has 0 unspecified atom stereocenters. The Morgan fingerprint density at radius 1 is 1.04 bits per heavy atom. The molecule has 134 valence electrons. The van der Waals surface area contributed by atoms with Crippen molar-refractivity contribution in [2.75, 3.05) is 32.7 Å². The standard InChI is InChI=1S/C17H31N3O2.ClH/c1-3-19(4-2)16(21)7-8-17(22)20-11-9-15(10-12-20)18-13-14-5-6-14;/h14-15,18H,3-13H2,1-2H3;1H. The van der Waals surface area contributed by atoms with Crippen molar-refractivity contribution < 1.29 is 9.59 Å². The third-order valence-corrected chi connectivity index (χ3v) is 4.91. The molecule has 6 heteroatoms. The van der Waals surface area contributed by atoms with Crippen LogP contribution in [0.1, 0.15) is 52.4 Å². The molecule has 1 aliphatic heterocycles. The van der Waals surface area contributed by atoms with E-state index in [2.05, 4.69) is 5.32 Å². The molecular weight excluding hydrogens is 314 g/mol. The first-order chi connectivity index (χ1) is 10.6. The second kappa shape index (κ2) is 10.1. The minimum atomic E-state index is 0. The summed E-state index contributed by atoms with van der Waals surface area (Å²) in [6.45, 7) is 8.21. The Balaban J connectivity index is 0.00000264. The van der Waals surface area contributed by atoms with E-state index in [0.29, 0.717) is 18.9 Å². The average Bonchev–Trinajstić information content (AvgIpc) is 3.36. The number of nitrogens with one attached hydrogen (secondary N) is 1. The van der Waals surface area contributed by atoms with Gasteiger partial charge in [0.05, 0.1) is 0 Å². The lowest BCUT2D eigenvalue weighted by atomic mass is 10.0. The Morgan fingerprint density at radius 2 is 1.65 bits per heavy atom. The molecule has 0 atom stereocenters. The molecule has 0 spiro atoms. The van der Waals surface area contributed by atoms with E-state index < -0.39 is 0 Å². The molecule has 2 rings (SSSR count). The maximum Gasteiger partial charge on any atom is 0.223 e. The molecule has 2 amide bonds. The van der Waals surface area contributed by atoms with Crippen LogP contribution in [0.15, 0.2) is 0 Å². The van der Waals surface area contributed by atoms with Crippen molar-refractivity contribution in [3.05, 3.63) is 0 Å². The monoisotopic (exact) mass is 345 g/mol. The minimum Gasteiger partial charge on any atom is -0.343 e. The third-order valence-electron chi connectivity index (χ3n) is 4.91. The number of amides is 2. The van der Waals surface area contributed by atoms with Gasteiger partial charge < -0.3 is 15.1 Å². The predicted octanol–water partition coefficient (Wildman–Crippen LogP) is 2.05. The van der Waals surface area contributed by atoms with Crippen molar-refractivity contribution in [2.45, 2.75) is 58.4 Å². The zero-order chi connectivity index (χ0) is 15.9. The number of nitrogens with zero attached hydrogens (tertiary/aromatic N) is 2. The van der Waals surface area contributed by atoms with Gasteiger partial charge in [-0.1, -0.05) is 0 Å². The molecule has 1 aliphatic carbocycles. The summed E-state index contributed by atoms with van der Waals surface area (Å²) >= 11 is 0. The smallest absolute Gasteiger partial charge is 0.223 e. The summed E-state index contributed by atoms with van der Waals surface area (Å²) in [7, 11) is 0. The molecule has 0 bridgehead atoms. The second-order valence-corrected chi connectivity index (χ2v) is 6.57. The largest absolute Gasteiger partial charge is 0.343 e. The fourth-order valence-electron chi connectivity index (χ4n) is 3.09. The van der Waals surface area contributed by atoms with Crippen molar-refractivity contribution in [3.63, 3.8) is 0 Å². The van der Waals surface area contributed by atoms with Gasteiger partial charge in [-0.3, -0.25) is 9.59 Å². The lowest BCUT2D eigenvalue weighted by Crippen LogP contribution is -2.45.